The van der Waals surface area contributed by atoms with Gasteiger partial charge in [0, 0.05) is 29.5 Å². The Morgan fingerprint density at radius 2 is 1.57 bits per heavy atom. The van der Waals surface area contributed by atoms with E-state index in [4.69, 9.17) is 22.1 Å². The van der Waals surface area contributed by atoms with Crippen molar-refractivity contribution < 1.29 is 27.5 Å². The van der Waals surface area contributed by atoms with Crippen LogP contribution in [0.4, 0.5) is 36.4 Å². The summed E-state index contributed by atoms with van der Waals surface area (Å²) in [6.07, 6.45) is -3.03. The topological polar surface area (TPSA) is 156 Å². The second kappa shape index (κ2) is 12.3. The van der Waals surface area contributed by atoms with Gasteiger partial charge in [-0.3, -0.25) is 9.59 Å². The molecule has 1 heterocycles. The van der Waals surface area contributed by atoms with Gasteiger partial charge in [-0.15, -0.1) is 0 Å². The molecule has 1 aliphatic carbocycles. The molecule has 1 fully saturated rings. The summed E-state index contributed by atoms with van der Waals surface area (Å²) in [5.41, 5.74) is 6.36. The number of nitrogens with one attached hydrogen (secondary N) is 4. The molecule has 3 aromatic rings. The minimum atomic E-state index is -4.57. The van der Waals surface area contributed by atoms with E-state index in [1.54, 1.807) is 36.4 Å². The average molecular weight is 607 g/mol. The highest BCUT2D eigenvalue weighted by molar-refractivity contribution is 6.34. The average Bonchev–Trinajstić information content (AvgIpc) is 3.70. The lowest BCUT2D eigenvalue weighted by molar-refractivity contribution is -0.154. The van der Waals surface area contributed by atoms with E-state index in [9.17, 15) is 22.8 Å². The van der Waals surface area contributed by atoms with Gasteiger partial charge in [0.05, 0.1) is 5.54 Å². The van der Waals surface area contributed by atoms with Gasteiger partial charge in [0.2, 0.25) is 11.9 Å². The highest BCUT2D eigenvalue weighted by Gasteiger charge is 2.45. The standard InChI is InChI=1S/C27H30ClF3N8O3/c1-25(2,14-34-21(41)20(32)40)13-33-18-7-9-19(10-8-18)35-22-36-23(38-24(37-22)42-15-27(29,30)31)39-26(11-12-26)16-3-5-17(28)6-4-16/h3-10,33H,11-15H2,1-2H3,(H2,32,40)(H,34,41)(H2,35,36,37,38,39). The predicted octanol–water partition coefficient (Wildman–Crippen LogP) is 4.35. The van der Waals surface area contributed by atoms with E-state index < -0.39 is 41.6 Å². The van der Waals surface area contributed by atoms with Gasteiger partial charge in [-0.05, 0) is 60.2 Å². The number of nitrogens with two attached hydrogens (primary N) is 1. The number of amides is 2. The molecule has 2 amide bonds. The quantitative estimate of drug-likeness (QED) is 0.189. The lowest BCUT2D eigenvalue weighted by atomic mass is 9.93. The van der Waals surface area contributed by atoms with Crippen molar-refractivity contribution >= 4 is 46.7 Å². The molecular formula is C27H30ClF3N8O3. The number of ether oxygens (including phenoxy) is 1. The number of primary amides is 1. The van der Waals surface area contributed by atoms with Crippen molar-refractivity contribution in [2.75, 3.05) is 35.6 Å². The van der Waals surface area contributed by atoms with Crippen LogP contribution in [-0.4, -0.2) is 52.6 Å². The van der Waals surface area contributed by atoms with Crippen LogP contribution in [0.25, 0.3) is 0 Å². The maximum atomic E-state index is 12.8. The zero-order valence-electron chi connectivity index (χ0n) is 22.8. The van der Waals surface area contributed by atoms with Crippen molar-refractivity contribution in [2.45, 2.75) is 38.4 Å². The third kappa shape index (κ3) is 8.83. The number of alkyl halides is 3. The van der Waals surface area contributed by atoms with Gasteiger partial charge in [-0.2, -0.15) is 28.1 Å². The lowest BCUT2D eigenvalue weighted by Crippen LogP contribution is -2.43. The summed E-state index contributed by atoms with van der Waals surface area (Å²) in [4.78, 5) is 34.8. The first-order chi connectivity index (χ1) is 19.7. The Labute approximate surface area is 244 Å². The van der Waals surface area contributed by atoms with Crippen molar-refractivity contribution in [2.24, 2.45) is 11.1 Å². The third-order valence-corrected chi connectivity index (χ3v) is 6.59. The molecule has 11 nitrogen and oxygen atoms in total. The van der Waals surface area contributed by atoms with Crippen molar-refractivity contribution in [3.8, 4) is 6.01 Å². The zero-order valence-corrected chi connectivity index (χ0v) is 23.6. The van der Waals surface area contributed by atoms with E-state index in [1.165, 1.54) is 0 Å². The molecule has 6 N–H and O–H groups in total. The Morgan fingerprint density at radius 1 is 0.952 bits per heavy atom. The van der Waals surface area contributed by atoms with E-state index in [2.05, 4.69) is 36.2 Å². The van der Waals surface area contributed by atoms with Crippen LogP contribution < -0.4 is 31.7 Å². The molecule has 0 aliphatic heterocycles. The maximum Gasteiger partial charge on any atom is 0.422 e. The summed E-state index contributed by atoms with van der Waals surface area (Å²) >= 11 is 6.01. The first-order valence-electron chi connectivity index (χ1n) is 12.9. The molecule has 2 aromatic carbocycles. The number of anilines is 4. The van der Waals surface area contributed by atoms with E-state index in [0.717, 1.165) is 24.1 Å². The summed E-state index contributed by atoms with van der Waals surface area (Å²) in [6.45, 7) is 2.95. The molecule has 0 unspecified atom stereocenters. The van der Waals surface area contributed by atoms with Crippen LogP contribution >= 0.6 is 11.6 Å². The van der Waals surface area contributed by atoms with E-state index >= 15 is 0 Å². The van der Waals surface area contributed by atoms with Gasteiger partial charge in [0.25, 0.3) is 0 Å². The molecule has 224 valence electrons. The Balaban J connectivity index is 1.44. The van der Waals surface area contributed by atoms with Gasteiger partial charge < -0.3 is 31.7 Å². The fourth-order valence-corrected chi connectivity index (χ4v) is 4.01. The lowest BCUT2D eigenvalue weighted by Gasteiger charge is -2.25. The van der Waals surface area contributed by atoms with Gasteiger partial charge in [-0.1, -0.05) is 37.6 Å². The Bertz CT molecular complexity index is 1420. The second-order valence-electron chi connectivity index (χ2n) is 10.7. The van der Waals surface area contributed by atoms with Crippen molar-refractivity contribution in [3.63, 3.8) is 0 Å². The van der Waals surface area contributed by atoms with E-state index in [0.29, 0.717) is 17.3 Å². The number of hydrogen-bond acceptors (Lipinski definition) is 9. The van der Waals surface area contributed by atoms with Crippen LogP contribution in [-0.2, 0) is 15.1 Å². The number of halogens is 4. The fraction of sp³-hybridized carbons (Fsp3) is 0.370. The molecule has 4 rings (SSSR count). The minimum absolute atomic E-state index is 0.0105. The molecule has 0 atom stereocenters. The van der Waals surface area contributed by atoms with Gasteiger partial charge in [0.15, 0.2) is 6.61 Å². The molecule has 15 heteroatoms. The summed E-state index contributed by atoms with van der Waals surface area (Å²) in [6, 6.07) is 13.8. The zero-order chi connectivity index (χ0) is 30.5. The first-order valence-corrected chi connectivity index (χ1v) is 13.3. The predicted molar refractivity (Wildman–Crippen MR) is 152 cm³/mol. The first kappa shape index (κ1) is 30.6. The molecule has 1 saturated carbocycles. The summed E-state index contributed by atoms with van der Waals surface area (Å²) in [7, 11) is 0. The number of nitrogens with zero attached hydrogens (tertiary/aromatic N) is 3. The number of benzene rings is 2. The molecular weight excluding hydrogens is 577 g/mol. The number of rotatable bonds is 12. The Morgan fingerprint density at radius 3 is 2.17 bits per heavy atom. The Hall–Kier alpha value is -4.33. The van der Waals surface area contributed by atoms with E-state index in [-0.39, 0.29) is 18.4 Å². The van der Waals surface area contributed by atoms with E-state index in [1.807, 2.05) is 26.0 Å². The van der Waals surface area contributed by atoms with Gasteiger partial charge in [0.1, 0.15) is 0 Å². The third-order valence-electron chi connectivity index (χ3n) is 6.34. The summed E-state index contributed by atoms with van der Waals surface area (Å²) in [5, 5.41) is 12.5. The largest absolute Gasteiger partial charge is 0.454 e. The SMILES string of the molecule is CC(C)(CNC(=O)C(N)=O)CNc1ccc(Nc2nc(NC3(c4ccc(Cl)cc4)CC3)nc(OCC(F)(F)F)n2)cc1. The normalized spacial score (nSPS) is 14.0. The minimum Gasteiger partial charge on any atom is -0.454 e. The molecule has 0 spiro atoms. The smallest absolute Gasteiger partial charge is 0.422 e. The molecule has 1 aromatic heterocycles. The molecule has 0 radical (unpaired) electrons. The van der Waals surface area contributed by atoms with Gasteiger partial charge >= 0.3 is 24.0 Å². The number of hydrogen-bond donors (Lipinski definition) is 5. The van der Waals surface area contributed by atoms with Crippen LogP contribution in [0.1, 0.15) is 32.3 Å². The molecule has 0 saturated heterocycles. The molecule has 42 heavy (non-hydrogen) atoms. The fourth-order valence-electron chi connectivity index (χ4n) is 3.88. The van der Waals surface area contributed by atoms with Crippen molar-refractivity contribution in [1.29, 1.82) is 0 Å². The number of aromatic nitrogens is 3. The molecule has 0 bridgehead atoms. The van der Waals surface area contributed by atoms with Gasteiger partial charge in [-0.25, -0.2) is 0 Å². The van der Waals surface area contributed by atoms with Crippen molar-refractivity contribution in [1.82, 2.24) is 20.3 Å². The maximum absolute atomic E-state index is 12.8. The summed E-state index contributed by atoms with van der Waals surface area (Å²) < 4.78 is 43.3. The van der Waals surface area contributed by atoms with Crippen LogP contribution in [0.2, 0.25) is 5.02 Å². The monoisotopic (exact) mass is 606 g/mol. The van der Waals surface area contributed by atoms with Crippen LogP contribution in [0.15, 0.2) is 48.5 Å². The Kier molecular flexibility index (Phi) is 8.95. The van der Waals surface area contributed by atoms with Crippen LogP contribution in [0.5, 0.6) is 6.01 Å². The number of carbonyl (C=O) groups excluding carboxylic acids is 2. The summed E-state index contributed by atoms with van der Waals surface area (Å²) in [5.74, 6) is -1.85. The highest BCUT2D eigenvalue weighted by Crippen LogP contribution is 2.48. The molecule has 1 aliphatic rings. The highest BCUT2D eigenvalue weighted by atomic mass is 35.5. The van der Waals surface area contributed by atoms with Crippen LogP contribution in [0, 0.1) is 5.41 Å². The van der Waals surface area contributed by atoms with Crippen molar-refractivity contribution in [3.05, 3.63) is 59.1 Å². The van der Waals surface area contributed by atoms with Crippen LogP contribution in [0.3, 0.4) is 0 Å². The number of carbonyl (C=O) groups is 2. The second-order valence-corrected chi connectivity index (χ2v) is 11.1.